The molecule has 0 atom stereocenters. The van der Waals surface area contributed by atoms with E-state index < -0.39 is 0 Å². The summed E-state index contributed by atoms with van der Waals surface area (Å²) in [6.45, 7) is 15.9. The summed E-state index contributed by atoms with van der Waals surface area (Å²) < 4.78 is 5.68. The number of pyridine rings is 1. The molecule has 0 radical (unpaired) electrons. The molecule has 0 aliphatic heterocycles. The van der Waals surface area contributed by atoms with Gasteiger partial charge in [-0.3, -0.25) is 4.98 Å². The molecule has 0 spiro atoms. The molecule has 1 heterocycles. The van der Waals surface area contributed by atoms with Crippen molar-refractivity contribution in [3.63, 3.8) is 0 Å². The van der Waals surface area contributed by atoms with Gasteiger partial charge in [0.2, 0.25) is 0 Å². The van der Waals surface area contributed by atoms with E-state index in [2.05, 4.69) is 57.9 Å². The van der Waals surface area contributed by atoms with Crippen LogP contribution < -0.4 is 10.1 Å². The number of aromatic nitrogens is 1. The molecule has 0 saturated heterocycles. The lowest BCUT2D eigenvalue weighted by Gasteiger charge is -2.19. The summed E-state index contributed by atoms with van der Waals surface area (Å²) in [6.07, 6.45) is 2.81. The number of rotatable bonds is 6. The van der Waals surface area contributed by atoms with E-state index in [-0.39, 0.29) is 5.41 Å². The zero-order chi connectivity index (χ0) is 15.2. The first-order chi connectivity index (χ1) is 9.16. The van der Waals surface area contributed by atoms with E-state index in [0.29, 0.717) is 12.0 Å². The van der Waals surface area contributed by atoms with Gasteiger partial charge in [0.25, 0.3) is 0 Å². The predicted molar refractivity (Wildman–Crippen MR) is 85.2 cm³/mol. The third-order valence-electron chi connectivity index (χ3n) is 2.71. The molecule has 20 heavy (non-hydrogen) atoms. The highest BCUT2D eigenvalue weighted by molar-refractivity contribution is 5.20. The van der Waals surface area contributed by atoms with E-state index in [9.17, 15) is 0 Å². The fraction of sp³-hybridized carbons (Fsp3) is 0.706. The average Bonchev–Trinajstić information content (AvgIpc) is 2.27. The van der Waals surface area contributed by atoms with Gasteiger partial charge in [-0.25, -0.2) is 0 Å². The van der Waals surface area contributed by atoms with Crippen LogP contribution in [-0.4, -0.2) is 24.7 Å². The molecule has 0 saturated carbocycles. The molecule has 3 heteroatoms. The van der Waals surface area contributed by atoms with Crippen molar-refractivity contribution in [2.75, 3.05) is 19.7 Å². The zero-order valence-corrected chi connectivity index (χ0v) is 13.9. The van der Waals surface area contributed by atoms with Crippen molar-refractivity contribution in [3.05, 3.63) is 24.0 Å². The van der Waals surface area contributed by atoms with Crippen LogP contribution in [-0.2, 0) is 6.42 Å². The Morgan fingerprint density at radius 2 is 1.75 bits per heavy atom. The lowest BCUT2D eigenvalue weighted by Crippen LogP contribution is -2.30. The molecule has 3 nitrogen and oxygen atoms in total. The first kappa shape index (κ1) is 17.0. The first-order valence-electron chi connectivity index (χ1n) is 7.44. The van der Waals surface area contributed by atoms with Crippen molar-refractivity contribution >= 4 is 0 Å². The van der Waals surface area contributed by atoms with Gasteiger partial charge in [-0.1, -0.05) is 41.5 Å². The first-order valence-corrected chi connectivity index (χ1v) is 7.44. The summed E-state index contributed by atoms with van der Waals surface area (Å²) in [6, 6.07) is 4.07. The Morgan fingerprint density at radius 3 is 2.25 bits per heavy atom. The number of ether oxygens (including phenoxy) is 1. The summed E-state index contributed by atoms with van der Waals surface area (Å²) in [4.78, 5) is 4.46. The summed E-state index contributed by atoms with van der Waals surface area (Å²) in [5, 5.41) is 3.39. The van der Waals surface area contributed by atoms with E-state index in [1.54, 1.807) is 0 Å². The number of hydrogen-bond acceptors (Lipinski definition) is 3. The van der Waals surface area contributed by atoms with Crippen LogP contribution in [0.3, 0.4) is 0 Å². The highest BCUT2D eigenvalue weighted by Gasteiger charge is 2.12. The van der Waals surface area contributed by atoms with Crippen molar-refractivity contribution < 1.29 is 4.74 Å². The van der Waals surface area contributed by atoms with Gasteiger partial charge < -0.3 is 10.1 Å². The maximum absolute atomic E-state index is 5.68. The Labute approximate surface area is 124 Å². The van der Waals surface area contributed by atoms with Crippen LogP contribution in [0, 0.1) is 10.8 Å². The van der Waals surface area contributed by atoms with Gasteiger partial charge >= 0.3 is 0 Å². The van der Waals surface area contributed by atoms with Crippen LogP contribution in [0.2, 0.25) is 0 Å². The van der Waals surface area contributed by atoms with Crippen LogP contribution in [0.15, 0.2) is 18.3 Å². The van der Waals surface area contributed by atoms with E-state index >= 15 is 0 Å². The van der Waals surface area contributed by atoms with E-state index in [0.717, 1.165) is 31.0 Å². The maximum atomic E-state index is 5.68. The van der Waals surface area contributed by atoms with Gasteiger partial charge in [0.05, 0.1) is 6.20 Å². The SMILES string of the molecule is CC(C)(C)CNCCOc1ccc(CC(C)(C)C)nc1. The number of nitrogens with zero attached hydrogens (tertiary/aromatic N) is 1. The minimum atomic E-state index is 0.270. The lowest BCUT2D eigenvalue weighted by molar-refractivity contribution is 0.296. The molecule has 1 aromatic rings. The highest BCUT2D eigenvalue weighted by atomic mass is 16.5. The van der Waals surface area contributed by atoms with Crippen molar-refractivity contribution in [1.29, 1.82) is 0 Å². The molecule has 0 aromatic carbocycles. The highest BCUT2D eigenvalue weighted by Crippen LogP contribution is 2.20. The summed E-state index contributed by atoms with van der Waals surface area (Å²) >= 11 is 0. The topological polar surface area (TPSA) is 34.1 Å². The number of nitrogens with one attached hydrogen (secondary N) is 1. The van der Waals surface area contributed by atoms with Gasteiger partial charge in [0, 0.05) is 18.8 Å². The minimum Gasteiger partial charge on any atom is -0.491 e. The van der Waals surface area contributed by atoms with Crippen molar-refractivity contribution in [2.24, 2.45) is 10.8 Å². The van der Waals surface area contributed by atoms with Gasteiger partial charge in [-0.15, -0.1) is 0 Å². The molecule has 0 bridgehead atoms. The predicted octanol–water partition coefficient (Wildman–Crippen LogP) is 3.68. The van der Waals surface area contributed by atoms with Crippen LogP contribution >= 0.6 is 0 Å². The Hall–Kier alpha value is -1.09. The van der Waals surface area contributed by atoms with Crippen LogP contribution in [0.1, 0.15) is 47.2 Å². The van der Waals surface area contributed by atoms with Crippen molar-refractivity contribution in [3.8, 4) is 5.75 Å². The molecular weight excluding hydrogens is 248 g/mol. The Bertz CT molecular complexity index is 385. The second kappa shape index (κ2) is 7.07. The smallest absolute Gasteiger partial charge is 0.137 e. The largest absolute Gasteiger partial charge is 0.491 e. The second-order valence-corrected chi connectivity index (χ2v) is 7.81. The molecule has 1 rings (SSSR count). The van der Waals surface area contributed by atoms with Gasteiger partial charge in [-0.05, 0) is 29.4 Å². The maximum Gasteiger partial charge on any atom is 0.137 e. The monoisotopic (exact) mass is 278 g/mol. The molecule has 1 aromatic heterocycles. The molecule has 0 fully saturated rings. The molecule has 0 aliphatic rings. The minimum absolute atomic E-state index is 0.270. The van der Waals surface area contributed by atoms with E-state index in [1.165, 1.54) is 0 Å². The third kappa shape index (κ3) is 8.16. The Balaban J connectivity index is 2.28. The fourth-order valence-corrected chi connectivity index (χ4v) is 1.85. The Morgan fingerprint density at radius 1 is 1.05 bits per heavy atom. The van der Waals surface area contributed by atoms with Gasteiger partial charge in [-0.2, -0.15) is 0 Å². The quantitative estimate of drug-likeness (QED) is 0.806. The second-order valence-electron chi connectivity index (χ2n) is 7.81. The van der Waals surface area contributed by atoms with E-state index in [4.69, 9.17) is 4.74 Å². The fourth-order valence-electron chi connectivity index (χ4n) is 1.85. The molecule has 0 unspecified atom stereocenters. The summed E-state index contributed by atoms with van der Waals surface area (Å²) in [7, 11) is 0. The molecule has 114 valence electrons. The summed E-state index contributed by atoms with van der Waals surface area (Å²) in [5.41, 5.74) is 1.71. The van der Waals surface area contributed by atoms with E-state index in [1.807, 2.05) is 12.3 Å². The molecular formula is C17H30N2O. The third-order valence-corrected chi connectivity index (χ3v) is 2.71. The van der Waals surface area contributed by atoms with Gasteiger partial charge in [0.1, 0.15) is 12.4 Å². The van der Waals surface area contributed by atoms with Crippen molar-refractivity contribution in [2.45, 2.75) is 48.0 Å². The molecule has 0 aliphatic carbocycles. The zero-order valence-electron chi connectivity index (χ0n) is 13.9. The normalized spacial score (nSPS) is 12.5. The Kier molecular flexibility index (Phi) is 6.00. The average molecular weight is 278 g/mol. The molecule has 1 N–H and O–H groups in total. The molecule has 0 amide bonds. The van der Waals surface area contributed by atoms with Gasteiger partial charge in [0.15, 0.2) is 0 Å². The van der Waals surface area contributed by atoms with Crippen LogP contribution in [0.4, 0.5) is 0 Å². The van der Waals surface area contributed by atoms with Crippen molar-refractivity contribution in [1.82, 2.24) is 10.3 Å². The van der Waals surface area contributed by atoms with Crippen LogP contribution in [0.25, 0.3) is 0 Å². The standard InChI is InChI=1S/C17H30N2O/c1-16(2,3)11-14-7-8-15(12-19-14)20-10-9-18-13-17(4,5)6/h7-8,12,18H,9-11,13H2,1-6H3. The lowest BCUT2D eigenvalue weighted by atomic mass is 9.90. The number of hydrogen-bond donors (Lipinski definition) is 1. The van der Waals surface area contributed by atoms with Crippen LogP contribution in [0.5, 0.6) is 5.75 Å². The summed E-state index contributed by atoms with van der Waals surface area (Å²) in [5.74, 6) is 0.847.